The van der Waals surface area contributed by atoms with E-state index in [2.05, 4.69) is 115 Å². The maximum atomic E-state index is 4.97. The largest absolute Gasteiger partial charge is 0.208 e. The van der Waals surface area contributed by atoms with Gasteiger partial charge in [0.25, 0.3) is 0 Å². The number of rotatable bonds is 4. The number of fused-ring (bicyclic) bond motifs is 10. The van der Waals surface area contributed by atoms with E-state index in [9.17, 15) is 0 Å². The standard InChI is InChI=1S/C46H29N3/c1-3-14-31(15-4-1)43-47-44(32-16-5-2-6-17-32)49-45(48-43)33-28-26-30(27-29-33)34-21-13-22-38-37-20-9-12-25-41(37)46(42(34)38)39-23-10-7-18-35(39)36-19-8-11-24-40(36)46/h1-29H. The van der Waals surface area contributed by atoms with Gasteiger partial charge in [-0.25, -0.2) is 15.0 Å². The Morgan fingerprint density at radius 1 is 0.265 bits per heavy atom. The number of nitrogens with zero attached hydrogens (tertiary/aromatic N) is 3. The predicted octanol–water partition coefficient (Wildman–Crippen LogP) is 10.9. The summed E-state index contributed by atoms with van der Waals surface area (Å²) >= 11 is 0. The second-order valence-corrected chi connectivity index (χ2v) is 12.7. The Hall–Kier alpha value is -6.45. The number of hydrogen-bond acceptors (Lipinski definition) is 3. The molecular formula is C46H29N3. The second kappa shape index (κ2) is 10.8. The molecule has 0 atom stereocenters. The zero-order chi connectivity index (χ0) is 32.4. The van der Waals surface area contributed by atoms with E-state index in [1.807, 2.05) is 60.7 Å². The minimum absolute atomic E-state index is 0.405. The van der Waals surface area contributed by atoms with Gasteiger partial charge in [-0.05, 0) is 55.6 Å². The van der Waals surface area contributed by atoms with Crippen LogP contribution in [-0.2, 0) is 5.41 Å². The lowest BCUT2D eigenvalue weighted by Crippen LogP contribution is -2.26. The molecule has 8 aromatic rings. The molecule has 228 valence electrons. The van der Waals surface area contributed by atoms with Gasteiger partial charge in [0.1, 0.15) is 0 Å². The lowest BCUT2D eigenvalue weighted by atomic mass is 9.68. The summed E-state index contributed by atoms with van der Waals surface area (Å²) in [6.45, 7) is 0. The molecule has 3 nitrogen and oxygen atoms in total. The maximum Gasteiger partial charge on any atom is 0.164 e. The molecule has 0 saturated heterocycles. The molecule has 0 saturated carbocycles. The van der Waals surface area contributed by atoms with Crippen LogP contribution >= 0.6 is 0 Å². The molecule has 49 heavy (non-hydrogen) atoms. The van der Waals surface area contributed by atoms with Crippen LogP contribution in [0.3, 0.4) is 0 Å². The zero-order valence-corrected chi connectivity index (χ0v) is 26.6. The van der Waals surface area contributed by atoms with Crippen molar-refractivity contribution in [2.45, 2.75) is 5.41 Å². The second-order valence-electron chi connectivity index (χ2n) is 12.7. The highest BCUT2D eigenvalue weighted by atomic mass is 15.0. The molecular weight excluding hydrogens is 595 g/mol. The van der Waals surface area contributed by atoms with E-state index in [0.29, 0.717) is 17.5 Å². The molecule has 2 aliphatic rings. The Labute approximate surface area is 285 Å². The van der Waals surface area contributed by atoms with Gasteiger partial charge in [-0.1, -0.05) is 176 Å². The maximum absolute atomic E-state index is 4.97. The summed E-state index contributed by atoms with van der Waals surface area (Å²) in [6.07, 6.45) is 0. The molecule has 0 bridgehead atoms. The van der Waals surface area contributed by atoms with Gasteiger partial charge in [0, 0.05) is 16.7 Å². The molecule has 1 aromatic heterocycles. The highest BCUT2D eigenvalue weighted by Gasteiger charge is 2.52. The third-order valence-corrected chi connectivity index (χ3v) is 10.2. The number of benzene rings is 7. The van der Waals surface area contributed by atoms with Crippen LogP contribution < -0.4 is 0 Å². The van der Waals surface area contributed by atoms with Crippen LogP contribution in [0.15, 0.2) is 176 Å². The molecule has 0 amide bonds. The zero-order valence-electron chi connectivity index (χ0n) is 26.6. The fraction of sp³-hybridized carbons (Fsp3) is 0.0217. The normalized spacial score (nSPS) is 13.1. The Kier molecular flexibility index (Phi) is 6.09. The third-order valence-electron chi connectivity index (χ3n) is 10.2. The number of hydrogen-bond donors (Lipinski definition) is 0. The van der Waals surface area contributed by atoms with Gasteiger partial charge in [-0.3, -0.25) is 0 Å². The van der Waals surface area contributed by atoms with E-state index in [1.54, 1.807) is 0 Å². The van der Waals surface area contributed by atoms with Crippen molar-refractivity contribution >= 4 is 0 Å². The summed E-state index contributed by atoms with van der Waals surface area (Å²) in [5.41, 5.74) is 15.5. The summed E-state index contributed by atoms with van der Waals surface area (Å²) in [5.74, 6) is 1.97. The highest BCUT2D eigenvalue weighted by Crippen LogP contribution is 2.64. The Morgan fingerprint density at radius 3 is 1.10 bits per heavy atom. The SMILES string of the molecule is c1ccc(-c2nc(-c3ccccc3)nc(-c3ccc(-c4cccc5c4C4(c6ccccc6-c6ccccc64)c4ccccc4-5)cc3)n2)cc1. The molecule has 0 fully saturated rings. The van der Waals surface area contributed by atoms with E-state index < -0.39 is 5.41 Å². The van der Waals surface area contributed by atoms with Crippen LogP contribution in [0.5, 0.6) is 0 Å². The third kappa shape index (κ3) is 4.06. The monoisotopic (exact) mass is 623 g/mol. The van der Waals surface area contributed by atoms with Gasteiger partial charge in [0.05, 0.1) is 5.41 Å². The van der Waals surface area contributed by atoms with Crippen LogP contribution in [0.2, 0.25) is 0 Å². The lowest BCUT2D eigenvalue weighted by molar-refractivity contribution is 0.796. The quantitative estimate of drug-likeness (QED) is 0.196. The van der Waals surface area contributed by atoms with E-state index >= 15 is 0 Å². The van der Waals surface area contributed by atoms with Crippen molar-refractivity contribution in [1.29, 1.82) is 0 Å². The molecule has 0 N–H and O–H groups in total. The van der Waals surface area contributed by atoms with Gasteiger partial charge in [0.15, 0.2) is 17.5 Å². The predicted molar refractivity (Wildman–Crippen MR) is 198 cm³/mol. The summed E-state index contributed by atoms with van der Waals surface area (Å²) < 4.78 is 0. The minimum atomic E-state index is -0.405. The first kappa shape index (κ1) is 27.6. The Morgan fingerprint density at radius 2 is 0.612 bits per heavy atom. The molecule has 3 heteroatoms. The smallest absolute Gasteiger partial charge is 0.164 e. The summed E-state index contributed by atoms with van der Waals surface area (Å²) in [5, 5.41) is 0. The highest BCUT2D eigenvalue weighted by molar-refractivity contribution is 5.98. The Bertz CT molecular complexity index is 2420. The van der Waals surface area contributed by atoms with Crippen LogP contribution in [0.25, 0.3) is 67.5 Å². The van der Waals surface area contributed by atoms with E-state index in [-0.39, 0.29) is 0 Å². The summed E-state index contributed by atoms with van der Waals surface area (Å²) in [4.78, 5) is 14.8. The molecule has 2 aliphatic carbocycles. The van der Waals surface area contributed by atoms with Crippen molar-refractivity contribution in [2.75, 3.05) is 0 Å². The topological polar surface area (TPSA) is 38.7 Å². The fourth-order valence-corrected chi connectivity index (χ4v) is 8.13. The van der Waals surface area contributed by atoms with Crippen LogP contribution in [0, 0.1) is 0 Å². The van der Waals surface area contributed by atoms with Crippen molar-refractivity contribution in [3.8, 4) is 67.5 Å². The van der Waals surface area contributed by atoms with Gasteiger partial charge in [-0.15, -0.1) is 0 Å². The van der Waals surface area contributed by atoms with Gasteiger partial charge in [-0.2, -0.15) is 0 Å². The van der Waals surface area contributed by atoms with Crippen molar-refractivity contribution in [3.05, 3.63) is 198 Å². The van der Waals surface area contributed by atoms with Gasteiger partial charge in [0.2, 0.25) is 0 Å². The summed E-state index contributed by atoms with van der Waals surface area (Å²) in [7, 11) is 0. The van der Waals surface area contributed by atoms with Gasteiger partial charge < -0.3 is 0 Å². The molecule has 0 aliphatic heterocycles. The van der Waals surface area contributed by atoms with Crippen LogP contribution in [-0.4, -0.2) is 15.0 Å². The summed E-state index contributed by atoms with van der Waals surface area (Å²) in [6, 6.07) is 62.7. The van der Waals surface area contributed by atoms with Crippen molar-refractivity contribution in [3.63, 3.8) is 0 Å². The fourth-order valence-electron chi connectivity index (χ4n) is 8.13. The van der Waals surface area contributed by atoms with Crippen molar-refractivity contribution in [2.24, 2.45) is 0 Å². The molecule has 10 rings (SSSR count). The van der Waals surface area contributed by atoms with Crippen LogP contribution in [0.1, 0.15) is 22.3 Å². The average molecular weight is 624 g/mol. The number of aromatic nitrogens is 3. The molecule has 7 aromatic carbocycles. The molecule has 1 spiro atoms. The molecule has 1 heterocycles. The first-order valence-electron chi connectivity index (χ1n) is 16.7. The minimum Gasteiger partial charge on any atom is -0.208 e. The first-order valence-corrected chi connectivity index (χ1v) is 16.7. The first-order chi connectivity index (χ1) is 24.3. The van der Waals surface area contributed by atoms with E-state index in [0.717, 1.165) is 22.3 Å². The lowest BCUT2D eigenvalue weighted by Gasteiger charge is -2.32. The van der Waals surface area contributed by atoms with Gasteiger partial charge >= 0.3 is 0 Å². The van der Waals surface area contributed by atoms with E-state index in [4.69, 9.17) is 15.0 Å². The van der Waals surface area contributed by atoms with E-state index in [1.165, 1.54) is 50.1 Å². The molecule has 0 radical (unpaired) electrons. The Balaban J connectivity index is 1.16. The molecule has 0 unspecified atom stereocenters. The average Bonchev–Trinajstić information content (AvgIpc) is 3.66. The van der Waals surface area contributed by atoms with Crippen molar-refractivity contribution in [1.82, 2.24) is 15.0 Å². The van der Waals surface area contributed by atoms with Crippen molar-refractivity contribution < 1.29 is 0 Å². The van der Waals surface area contributed by atoms with Crippen LogP contribution in [0.4, 0.5) is 0 Å².